The van der Waals surface area contributed by atoms with E-state index in [2.05, 4.69) is 0 Å². The zero-order valence-electron chi connectivity index (χ0n) is 8.50. The van der Waals surface area contributed by atoms with Gasteiger partial charge in [-0.15, -0.1) is 0 Å². The highest BCUT2D eigenvalue weighted by Gasteiger charge is 2.19. The minimum atomic E-state index is -0.237. The number of carbonyl (C=O) groups excluding carboxylic acids is 1. The molecule has 1 amide bonds. The topological polar surface area (TPSA) is 42.3 Å². The van der Waals surface area contributed by atoms with Gasteiger partial charge in [-0.1, -0.05) is 12.1 Å². The first-order chi connectivity index (χ1) is 7.70. The fraction of sp³-hybridized carbons (Fsp3) is 0.182. The van der Waals surface area contributed by atoms with Gasteiger partial charge in [0.25, 0.3) is 5.56 Å². The van der Waals surface area contributed by atoms with Gasteiger partial charge in [0.15, 0.2) is 5.11 Å². The van der Waals surface area contributed by atoms with Gasteiger partial charge in [-0.05, 0) is 24.7 Å². The zero-order valence-corrected chi connectivity index (χ0v) is 9.31. The molecule has 0 unspecified atom stereocenters. The number of aromatic nitrogens is 1. The van der Waals surface area contributed by atoms with Gasteiger partial charge in [0.05, 0.1) is 0 Å². The Bertz CT molecular complexity index is 519. The molecule has 0 saturated heterocycles. The zero-order chi connectivity index (χ0) is 11.5. The Labute approximate surface area is 97.8 Å². The highest BCUT2D eigenvalue weighted by Crippen LogP contribution is 2.09. The lowest BCUT2D eigenvalue weighted by atomic mass is 10.2. The molecule has 2 heterocycles. The number of amides is 1. The molecule has 0 fully saturated rings. The molecule has 0 spiro atoms. The summed E-state index contributed by atoms with van der Waals surface area (Å²) in [6.07, 6.45) is 6.19. The monoisotopic (exact) mass is 234 g/mol. The molecule has 0 N–H and O–H groups in total. The van der Waals surface area contributed by atoms with Crippen LogP contribution in [0.25, 0.3) is 0 Å². The van der Waals surface area contributed by atoms with E-state index in [0.717, 1.165) is 6.42 Å². The minimum Gasteiger partial charge on any atom is -0.274 e. The van der Waals surface area contributed by atoms with Crippen molar-refractivity contribution in [3.8, 4) is 0 Å². The molecule has 1 aromatic heterocycles. The number of carbonyl (C=O) groups is 1. The van der Waals surface area contributed by atoms with Crippen LogP contribution in [0, 0.1) is 0 Å². The molecule has 1 aliphatic rings. The highest BCUT2D eigenvalue weighted by molar-refractivity contribution is 7.80. The molecular formula is C11H10N2O2S. The van der Waals surface area contributed by atoms with Crippen LogP contribution in [0.4, 0.5) is 0 Å². The lowest BCUT2D eigenvalue weighted by Gasteiger charge is -2.22. The van der Waals surface area contributed by atoms with Gasteiger partial charge in [0, 0.05) is 24.9 Å². The second-order valence-corrected chi connectivity index (χ2v) is 3.74. The van der Waals surface area contributed by atoms with E-state index in [1.807, 2.05) is 6.08 Å². The Hall–Kier alpha value is -1.75. The molecule has 2 rings (SSSR count). The van der Waals surface area contributed by atoms with Gasteiger partial charge < -0.3 is 0 Å². The number of thiocarbonyl (C=S) groups is 1. The van der Waals surface area contributed by atoms with E-state index in [0.29, 0.717) is 6.42 Å². The number of hydrogen-bond acceptors (Lipinski definition) is 3. The van der Waals surface area contributed by atoms with E-state index in [-0.39, 0.29) is 16.6 Å². The van der Waals surface area contributed by atoms with Crippen molar-refractivity contribution >= 4 is 23.2 Å². The summed E-state index contributed by atoms with van der Waals surface area (Å²) in [5.41, 5.74) is -0.237. The Morgan fingerprint density at radius 2 is 2.12 bits per heavy atom. The third kappa shape index (κ3) is 1.94. The molecule has 0 radical (unpaired) electrons. The summed E-state index contributed by atoms with van der Waals surface area (Å²) in [7, 11) is 0. The molecular weight excluding hydrogens is 224 g/mol. The second kappa shape index (κ2) is 4.40. The first-order valence-electron chi connectivity index (χ1n) is 4.91. The van der Waals surface area contributed by atoms with E-state index < -0.39 is 0 Å². The van der Waals surface area contributed by atoms with Crippen LogP contribution in [0.3, 0.4) is 0 Å². The van der Waals surface area contributed by atoms with Crippen LogP contribution in [0.1, 0.15) is 12.8 Å². The highest BCUT2D eigenvalue weighted by atomic mass is 32.1. The lowest BCUT2D eigenvalue weighted by molar-refractivity contribution is -0.125. The molecule has 0 aliphatic carbocycles. The summed E-state index contributed by atoms with van der Waals surface area (Å²) in [4.78, 5) is 24.4. The van der Waals surface area contributed by atoms with Crippen molar-refractivity contribution in [2.24, 2.45) is 0 Å². The first-order valence-corrected chi connectivity index (χ1v) is 5.32. The Morgan fingerprint density at radius 3 is 2.81 bits per heavy atom. The van der Waals surface area contributed by atoms with Crippen molar-refractivity contribution in [1.29, 1.82) is 0 Å². The lowest BCUT2D eigenvalue weighted by Crippen LogP contribution is -2.40. The molecule has 16 heavy (non-hydrogen) atoms. The number of hydrogen-bond donors (Lipinski definition) is 0. The molecule has 82 valence electrons. The molecule has 5 heteroatoms. The van der Waals surface area contributed by atoms with Crippen molar-refractivity contribution in [3.05, 3.63) is 47.0 Å². The summed E-state index contributed by atoms with van der Waals surface area (Å²) in [6, 6.07) is 4.74. The smallest absolute Gasteiger partial charge is 0.256 e. The summed E-state index contributed by atoms with van der Waals surface area (Å²) < 4.78 is 1.28. The fourth-order valence-electron chi connectivity index (χ4n) is 1.46. The minimum absolute atomic E-state index is 0.0803. The van der Waals surface area contributed by atoms with E-state index in [1.54, 1.807) is 24.5 Å². The van der Waals surface area contributed by atoms with E-state index in [9.17, 15) is 9.59 Å². The van der Waals surface area contributed by atoms with Crippen molar-refractivity contribution in [3.63, 3.8) is 0 Å². The second-order valence-electron chi connectivity index (χ2n) is 3.38. The van der Waals surface area contributed by atoms with E-state index >= 15 is 0 Å². The third-order valence-electron chi connectivity index (χ3n) is 2.28. The van der Waals surface area contributed by atoms with Gasteiger partial charge >= 0.3 is 0 Å². The summed E-state index contributed by atoms with van der Waals surface area (Å²) in [5.74, 6) is -0.0803. The van der Waals surface area contributed by atoms with Crippen molar-refractivity contribution in [2.75, 3.05) is 0 Å². The summed E-state index contributed by atoms with van der Waals surface area (Å²) >= 11 is 5.12. The standard InChI is InChI=1S/C11H10N2O2S/c14-9-5-1-3-7-12(9)11(16)13-8-4-2-6-10(13)15/h1,3-5,7-8H,2,6H2. The predicted molar refractivity (Wildman–Crippen MR) is 63.9 cm³/mol. The number of pyridine rings is 1. The SMILES string of the molecule is O=C1CCC=CN1C(=S)n1ccccc1=O. The average Bonchev–Trinajstić information content (AvgIpc) is 2.29. The Morgan fingerprint density at radius 1 is 1.31 bits per heavy atom. The summed E-state index contributed by atoms with van der Waals surface area (Å²) in [6.45, 7) is 0. The van der Waals surface area contributed by atoms with E-state index in [1.165, 1.54) is 15.5 Å². The van der Waals surface area contributed by atoms with Crippen LogP contribution in [-0.4, -0.2) is 20.5 Å². The van der Waals surface area contributed by atoms with Crippen LogP contribution in [0.5, 0.6) is 0 Å². The van der Waals surface area contributed by atoms with Crippen molar-refractivity contribution < 1.29 is 4.79 Å². The van der Waals surface area contributed by atoms with E-state index in [4.69, 9.17) is 12.2 Å². The number of nitrogens with zero attached hydrogens (tertiary/aromatic N) is 2. The predicted octanol–water partition coefficient (Wildman–Crippen LogP) is 1.12. The van der Waals surface area contributed by atoms with Gasteiger partial charge in [-0.25, -0.2) is 0 Å². The Balaban J connectivity index is 2.36. The summed E-state index contributed by atoms with van der Waals surface area (Å²) in [5, 5.41) is 0.201. The number of allylic oxidation sites excluding steroid dienone is 1. The van der Waals surface area contributed by atoms with Crippen LogP contribution in [-0.2, 0) is 4.79 Å². The van der Waals surface area contributed by atoms with Crippen LogP contribution in [0.2, 0.25) is 0 Å². The van der Waals surface area contributed by atoms with Crippen LogP contribution in [0.15, 0.2) is 41.5 Å². The largest absolute Gasteiger partial charge is 0.274 e. The molecule has 1 aromatic rings. The van der Waals surface area contributed by atoms with Crippen molar-refractivity contribution in [2.45, 2.75) is 12.8 Å². The van der Waals surface area contributed by atoms with Gasteiger partial charge in [0.1, 0.15) is 0 Å². The van der Waals surface area contributed by atoms with Gasteiger partial charge in [-0.3, -0.25) is 19.1 Å². The molecule has 4 nitrogen and oxygen atoms in total. The first kappa shape index (κ1) is 10.8. The quantitative estimate of drug-likeness (QED) is 0.632. The third-order valence-corrected chi connectivity index (χ3v) is 2.68. The maximum absolute atomic E-state index is 11.6. The molecule has 1 aliphatic heterocycles. The normalized spacial score (nSPS) is 15.2. The fourth-order valence-corrected chi connectivity index (χ4v) is 1.78. The van der Waals surface area contributed by atoms with Crippen LogP contribution < -0.4 is 5.56 Å². The molecule has 0 aromatic carbocycles. The molecule has 0 saturated carbocycles. The average molecular weight is 234 g/mol. The van der Waals surface area contributed by atoms with Gasteiger partial charge in [-0.2, -0.15) is 0 Å². The number of rotatable bonds is 0. The molecule has 0 atom stereocenters. The maximum atomic E-state index is 11.6. The molecule has 0 bridgehead atoms. The maximum Gasteiger partial charge on any atom is 0.256 e. The Kier molecular flexibility index (Phi) is 2.96. The van der Waals surface area contributed by atoms with Gasteiger partial charge in [0.2, 0.25) is 5.91 Å². The van der Waals surface area contributed by atoms with Crippen molar-refractivity contribution in [1.82, 2.24) is 9.47 Å². The van der Waals surface area contributed by atoms with Crippen LogP contribution >= 0.6 is 12.2 Å².